The maximum atomic E-state index is 13.3. The zero-order valence-electron chi connectivity index (χ0n) is 17.6. The van der Waals surface area contributed by atoms with Crippen LogP contribution in [-0.2, 0) is 25.0 Å². The van der Waals surface area contributed by atoms with Crippen molar-refractivity contribution in [1.82, 2.24) is 9.62 Å². The minimum Gasteiger partial charge on any atom is -0.404 e. The van der Waals surface area contributed by atoms with Crippen molar-refractivity contribution in [1.29, 1.82) is 0 Å². The van der Waals surface area contributed by atoms with Crippen molar-refractivity contribution < 1.29 is 35.9 Å². The highest BCUT2D eigenvalue weighted by Crippen LogP contribution is 2.51. The largest absolute Gasteiger partial charge is 0.573 e. The number of sulfonamides is 1. The maximum absolute atomic E-state index is 13.3. The third-order valence-electron chi connectivity index (χ3n) is 6.23. The molecule has 1 atom stereocenters. The molecule has 2 aromatic carbocycles. The molecule has 7 nitrogen and oxygen atoms in total. The van der Waals surface area contributed by atoms with E-state index in [0.29, 0.717) is 12.8 Å². The van der Waals surface area contributed by atoms with E-state index in [1.807, 2.05) is 35.1 Å². The molecule has 2 aromatic rings. The lowest BCUT2D eigenvalue weighted by Crippen LogP contribution is -2.69. The number of carbonyl (C=O) groups is 2. The Bertz CT molecular complexity index is 1200. The number of alkyl halides is 3. The minimum absolute atomic E-state index is 0.214. The van der Waals surface area contributed by atoms with Gasteiger partial charge in [-0.15, -0.1) is 13.2 Å². The number of carbonyl (C=O) groups excluding carboxylic acids is 2. The van der Waals surface area contributed by atoms with Crippen LogP contribution >= 0.6 is 0 Å². The van der Waals surface area contributed by atoms with Crippen LogP contribution in [0.5, 0.6) is 5.75 Å². The lowest BCUT2D eigenvalue weighted by atomic mass is 9.82. The first kappa shape index (κ1) is 23.1. The number of benzene rings is 2. The maximum Gasteiger partial charge on any atom is 0.573 e. The number of nitrogens with zero attached hydrogens (tertiary/aromatic N) is 1. The number of hydrogen-bond acceptors (Lipinski definition) is 5. The van der Waals surface area contributed by atoms with Gasteiger partial charge in [0.1, 0.15) is 16.2 Å². The number of ether oxygens (including phenoxy) is 1. The Kier molecular flexibility index (Phi) is 5.43. The second-order valence-corrected chi connectivity index (χ2v) is 10.0. The average Bonchev–Trinajstić information content (AvgIpc) is 3.54. The molecule has 0 spiro atoms. The molecule has 1 heterocycles. The van der Waals surface area contributed by atoms with Gasteiger partial charge in [0.15, 0.2) is 0 Å². The Hall–Kier alpha value is -3.08. The van der Waals surface area contributed by atoms with Crippen LogP contribution < -0.4 is 9.46 Å². The van der Waals surface area contributed by atoms with Gasteiger partial charge in [-0.2, -0.15) is 0 Å². The Morgan fingerprint density at radius 3 is 2.15 bits per heavy atom. The number of likely N-dealkylation sites (tertiary alicyclic amines) is 1. The standard InChI is InChI=1S/C22H21F3N2O5S/c1-20(13-14-27(20)19(29)21(11-12-21)15-7-3-2-4-8-15)18(28)26-33(30,31)17-10-6-5-9-16(17)32-22(23,24)25/h2-10H,11-14H2,1H3,(H,26,28). The van der Waals surface area contributed by atoms with Crippen LogP contribution in [0.4, 0.5) is 13.2 Å². The summed E-state index contributed by atoms with van der Waals surface area (Å²) in [5, 5.41) is 0. The highest BCUT2D eigenvalue weighted by Gasteiger charge is 2.60. The van der Waals surface area contributed by atoms with E-state index in [4.69, 9.17) is 0 Å². The summed E-state index contributed by atoms with van der Waals surface area (Å²) in [6.45, 7) is 1.71. The predicted molar refractivity (Wildman–Crippen MR) is 111 cm³/mol. The molecule has 1 N–H and O–H groups in total. The Morgan fingerprint density at radius 1 is 1.00 bits per heavy atom. The Labute approximate surface area is 188 Å². The van der Waals surface area contributed by atoms with Crippen LogP contribution in [-0.4, -0.2) is 43.6 Å². The molecule has 176 valence electrons. The van der Waals surface area contributed by atoms with Gasteiger partial charge < -0.3 is 9.64 Å². The summed E-state index contributed by atoms with van der Waals surface area (Å²) in [5.74, 6) is -2.22. The molecule has 1 aliphatic heterocycles. The number of para-hydroxylation sites is 1. The van der Waals surface area contributed by atoms with Gasteiger partial charge in [-0.25, -0.2) is 13.1 Å². The molecular formula is C22H21F3N2O5S. The summed E-state index contributed by atoms with van der Waals surface area (Å²) in [5.41, 5.74) is -1.36. The van der Waals surface area contributed by atoms with E-state index < -0.39 is 43.9 Å². The number of amides is 2. The van der Waals surface area contributed by atoms with Crippen molar-refractivity contribution in [2.75, 3.05) is 6.54 Å². The summed E-state index contributed by atoms with van der Waals surface area (Å²) in [6.07, 6.45) is -3.67. The molecular weight excluding hydrogens is 461 g/mol. The summed E-state index contributed by atoms with van der Waals surface area (Å²) < 4.78 is 69.2. The molecule has 0 bridgehead atoms. The van der Waals surface area contributed by atoms with E-state index in [-0.39, 0.29) is 18.9 Å². The van der Waals surface area contributed by atoms with Gasteiger partial charge >= 0.3 is 6.36 Å². The lowest BCUT2D eigenvalue weighted by molar-refractivity contribution is -0.275. The van der Waals surface area contributed by atoms with Crippen LogP contribution in [0.3, 0.4) is 0 Å². The third-order valence-corrected chi connectivity index (χ3v) is 7.60. The first-order chi connectivity index (χ1) is 15.4. The molecule has 2 aliphatic rings. The average molecular weight is 482 g/mol. The molecule has 0 aromatic heterocycles. The summed E-state index contributed by atoms with van der Waals surface area (Å²) in [7, 11) is -4.71. The molecule has 2 fully saturated rings. The fraction of sp³-hybridized carbons (Fsp3) is 0.364. The monoisotopic (exact) mass is 482 g/mol. The molecule has 1 unspecified atom stereocenters. The highest BCUT2D eigenvalue weighted by atomic mass is 32.2. The highest BCUT2D eigenvalue weighted by molar-refractivity contribution is 7.90. The quantitative estimate of drug-likeness (QED) is 0.683. The molecule has 1 saturated carbocycles. The van der Waals surface area contributed by atoms with Crippen molar-refractivity contribution in [3.63, 3.8) is 0 Å². The van der Waals surface area contributed by atoms with Crippen LogP contribution in [0, 0.1) is 0 Å². The number of halogens is 3. The fourth-order valence-electron chi connectivity index (χ4n) is 4.06. The van der Waals surface area contributed by atoms with Gasteiger partial charge in [-0.1, -0.05) is 42.5 Å². The molecule has 2 amide bonds. The van der Waals surface area contributed by atoms with Crippen molar-refractivity contribution in [2.45, 2.75) is 48.4 Å². The van der Waals surface area contributed by atoms with E-state index >= 15 is 0 Å². The number of nitrogens with one attached hydrogen (secondary N) is 1. The van der Waals surface area contributed by atoms with Crippen LogP contribution in [0.15, 0.2) is 59.5 Å². The van der Waals surface area contributed by atoms with Gasteiger partial charge in [0, 0.05) is 6.54 Å². The van der Waals surface area contributed by atoms with Crippen molar-refractivity contribution in [3.05, 3.63) is 60.2 Å². The molecule has 1 aliphatic carbocycles. The SMILES string of the molecule is CC1(C(=O)NS(=O)(=O)c2ccccc2OC(F)(F)F)CCN1C(=O)C1(c2ccccc2)CC1. The number of rotatable bonds is 6. The third kappa shape index (κ3) is 4.17. The van der Waals surface area contributed by atoms with Crippen LogP contribution in [0.25, 0.3) is 0 Å². The second-order valence-electron chi connectivity index (χ2n) is 8.36. The van der Waals surface area contributed by atoms with Crippen molar-refractivity contribution in [3.8, 4) is 5.75 Å². The van der Waals surface area contributed by atoms with Crippen molar-refractivity contribution >= 4 is 21.8 Å². The molecule has 33 heavy (non-hydrogen) atoms. The van der Waals surface area contributed by atoms with Crippen molar-refractivity contribution in [2.24, 2.45) is 0 Å². The summed E-state index contributed by atoms with van der Waals surface area (Å²) in [4.78, 5) is 26.8. The zero-order valence-corrected chi connectivity index (χ0v) is 18.4. The molecule has 1 saturated heterocycles. The predicted octanol–water partition coefficient (Wildman–Crippen LogP) is 3.11. The number of hydrogen-bond donors (Lipinski definition) is 1. The smallest absolute Gasteiger partial charge is 0.404 e. The van der Waals surface area contributed by atoms with Gasteiger partial charge in [-0.05, 0) is 43.9 Å². The topological polar surface area (TPSA) is 92.8 Å². The molecule has 11 heteroatoms. The Balaban J connectivity index is 1.55. The van der Waals surface area contributed by atoms with E-state index in [1.54, 1.807) is 0 Å². The van der Waals surface area contributed by atoms with Gasteiger partial charge in [0.05, 0.1) is 5.41 Å². The minimum atomic E-state index is -5.12. The lowest BCUT2D eigenvalue weighted by Gasteiger charge is -2.50. The van der Waals surface area contributed by atoms with E-state index in [1.165, 1.54) is 24.0 Å². The van der Waals surface area contributed by atoms with E-state index in [0.717, 1.165) is 17.7 Å². The second kappa shape index (κ2) is 7.75. The van der Waals surface area contributed by atoms with Crippen LogP contribution in [0.1, 0.15) is 31.7 Å². The Morgan fingerprint density at radius 2 is 1.61 bits per heavy atom. The first-order valence-electron chi connectivity index (χ1n) is 10.2. The van der Waals surface area contributed by atoms with E-state index in [9.17, 15) is 31.2 Å². The van der Waals surface area contributed by atoms with Crippen LogP contribution in [0.2, 0.25) is 0 Å². The molecule has 4 rings (SSSR count). The first-order valence-corrected chi connectivity index (χ1v) is 11.7. The normalized spacial score (nSPS) is 21.6. The van der Waals surface area contributed by atoms with Gasteiger partial charge in [0.2, 0.25) is 5.91 Å². The summed E-state index contributed by atoms with van der Waals surface area (Å²) in [6, 6.07) is 13.3. The zero-order chi connectivity index (χ0) is 24.1. The fourth-order valence-corrected chi connectivity index (χ4v) is 5.26. The van der Waals surface area contributed by atoms with E-state index in [2.05, 4.69) is 4.74 Å². The summed E-state index contributed by atoms with van der Waals surface area (Å²) >= 11 is 0. The van der Waals surface area contributed by atoms with Gasteiger partial charge in [0.25, 0.3) is 15.9 Å². The van der Waals surface area contributed by atoms with Gasteiger partial charge in [-0.3, -0.25) is 9.59 Å². The molecule has 0 radical (unpaired) electrons.